The lowest BCUT2D eigenvalue weighted by molar-refractivity contribution is -0.384. The molecule has 2 rings (SSSR count). The molecule has 0 fully saturated rings. The van der Waals surface area contributed by atoms with Gasteiger partial charge in [-0.3, -0.25) is 14.3 Å². The summed E-state index contributed by atoms with van der Waals surface area (Å²) in [5.74, 6) is 0.907. The number of non-ortho nitro benzene ring substituents is 1. The van der Waals surface area contributed by atoms with Crippen molar-refractivity contribution >= 4 is 16.5 Å². The van der Waals surface area contributed by atoms with Crippen molar-refractivity contribution in [2.75, 3.05) is 0 Å². The van der Waals surface area contributed by atoms with E-state index < -0.39 is 15.7 Å². The Balaban J connectivity index is 1.97. The molecule has 0 heterocycles. The van der Waals surface area contributed by atoms with E-state index in [1.54, 1.807) is 12.1 Å². The summed E-state index contributed by atoms with van der Waals surface area (Å²) >= 11 is 0. The SMILES string of the molecule is O=[N+]([O-])c1ccc(C[S@](=O)Cc2ccccc2)cc1. The Hall–Kier alpha value is -2.01. The van der Waals surface area contributed by atoms with E-state index in [2.05, 4.69) is 0 Å². The van der Waals surface area contributed by atoms with E-state index in [0.29, 0.717) is 11.5 Å². The second-order valence-corrected chi connectivity index (χ2v) is 5.59. The molecule has 2 aromatic carbocycles. The molecule has 0 unspecified atom stereocenters. The number of hydrogen-bond donors (Lipinski definition) is 0. The molecule has 4 nitrogen and oxygen atoms in total. The van der Waals surface area contributed by atoms with Crippen molar-refractivity contribution in [1.82, 2.24) is 0 Å². The highest BCUT2D eigenvalue weighted by molar-refractivity contribution is 7.83. The van der Waals surface area contributed by atoms with Gasteiger partial charge in [-0.15, -0.1) is 0 Å². The first-order valence-corrected chi connectivity index (χ1v) is 7.26. The molecule has 0 N–H and O–H groups in total. The maximum absolute atomic E-state index is 12.0. The van der Waals surface area contributed by atoms with Gasteiger partial charge >= 0.3 is 0 Å². The highest BCUT2D eigenvalue weighted by Gasteiger charge is 2.07. The number of nitrogens with zero attached hydrogens (tertiary/aromatic N) is 1. The summed E-state index contributed by atoms with van der Waals surface area (Å²) in [6.07, 6.45) is 0. The van der Waals surface area contributed by atoms with Gasteiger partial charge in [0.05, 0.1) is 4.92 Å². The highest BCUT2D eigenvalue weighted by atomic mass is 32.2. The predicted molar refractivity (Wildman–Crippen MR) is 75.1 cm³/mol. The van der Waals surface area contributed by atoms with Crippen molar-refractivity contribution in [2.24, 2.45) is 0 Å². The lowest BCUT2D eigenvalue weighted by atomic mass is 10.2. The first-order valence-electron chi connectivity index (χ1n) is 5.77. The summed E-state index contributed by atoms with van der Waals surface area (Å²) in [5, 5.41) is 10.5. The molecule has 0 aliphatic carbocycles. The third-order valence-corrected chi connectivity index (χ3v) is 3.96. The molecule has 1 atom stereocenters. The van der Waals surface area contributed by atoms with E-state index in [-0.39, 0.29) is 5.69 Å². The third-order valence-electron chi connectivity index (χ3n) is 2.65. The fourth-order valence-electron chi connectivity index (χ4n) is 1.71. The van der Waals surface area contributed by atoms with E-state index in [1.807, 2.05) is 30.3 Å². The Morgan fingerprint density at radius 3 is 1.95 bits per heavy atom. The molecule has 0 saturated carbocycles. The van der Waals surface area contributed by atoms with Gasteiger partial charge in [0.1, 0.15) is 0 Å². The summed E-state index contributed by atoms with van der Waals surface area (Å²) in [5.41, 5.74) is 1.93. The van der Waals surface area contributed by atoms with Crippen LogP contribution in [0.4, 0.5) is 5.69 Å². The van der Waals surface area contributed by atoms with Crippen LogP contribution >= 0.6 is 0 Å². The monoisotopic (exact) mass is 275 g/mol. The van der Waals surface area contributed by atoms with Gasteiger partial charge in [0.2, 0.25) is 0 Å². The van der Waals surface area contributed by atoms with E-state index in [0.717, 1.165) is 11.1 Å². The molecule has 5 heteroatoms. The Bertz CT molecular complexity index is 581. The van der Waals surface area contributed by atoms with Crippen LogP contribution in [0, 0.1) is 10.1 Å². The minimum absolute atomic E-state index is 0.0533. The summed E-state index contributed by atoms with van der Waals surface area (Å²) in [7, 11) is -1.01. The van der Waals surface area contributed by atoms with Crippen LogP contribution < -0.4 is 0 Å². The Kier molecular flexibility index (Phi) is 4.41. The molecule has 0 bridgehead atoms. The topological polar surface area (TPSA) is 60.2 Å². The zero-order valence-corrected chi connectivity index (χ0v) is 11.0. The standard InChI is InChI=1S/C14H13NO3S/c16-15(17)14-8-6-13(7-9-14)11-19(18)10-12-4-2-1-3-5-12/h1-9H,10-11H2/t19-/m1/s1. The van der Waals surface area contributed by atoms with E-state index in [1.165, 1.54) is 12.1 Å². The third kappa shape index (κ3) is 3.99. The van der Waals surface area contributed by atoms with Crippen LogP contribution in [0.15, 0.2) is 54.6 Å². The molecule has 0 aromatic heterocycles. The smallest absolute Gasteiger partial charge is 0.259 e. The zero-order valence-electron chi connectivity index (χ0n) is 10.2. The molecule has 0 aliphatic heterocycles. The van der Waals surface area contributed by atoms with Gasteiger partial charge in [-0.25, -0.2) is 0 Å². The van der Waals surface area contributed by atoms with Crippen molar-refractivity contribution in [1.29, 1.82) is 0 Å². The second-order valence-electron chi connectivity index (χ2n) is 4.14. The fraction of sp³-hybridized carbons (Fsp3) is 0.143. The van der Waals surface area contributed by atoms with Crippen molar-refractivity contribution in [3.8, 4) is 0 Å². The second kappa shape index (κ2) is 6.24. The average Bonchev–Trinajstić information content (AvgIpc) is 2.40. The van der Waals surface area contributed by atoms with Crippen LogP contribution in [0.2, 0.25) is 0 Å². The number of hydrogen-bond acceptors (Lipinski definition) is 3. The van der Waals surface area contributed by atoms with Gasteiger partial charge in [0.25, 0.3) is 5.69 Å². The molecule has 0 radical (unpaired) electrons. The molecule has 19 heavy (non-hydrogen) atoms. The van der Waals surface area contributed by atoms with E-state index >= 15 is 0 Å². The average molecular weight is 275 g/mol. The van der Waals surface area contributed by atoms with Crippen LogP contribution in [-0.2, 0) is 22.3 Å². The van der Waals surface area contributed by atoms with Crippen LogP contribution in [-0.4, -0.2) is 9.13 Å². The van der Waals surface area contributed by atoms with Crippen molar-refractivity contribution < 1.29 is 9.13 Å². The van der Waals surface area contributed by atoms with E-state index in [4.69, 9.17) is 0 Å². The summed E-state index contributed by atoms with van der Waals surface area (Å²) in [6, 6.07) is 15.8. The first-order chi connectivity index (χ1) is 9.15. The quantitative estimate of drug-likeness (QED) is 0.622. The Labute approximate surface area is 113 Å². The Morgan fingerprint density at radius 1 is 0.895 bits per heavy atom. The normalized spacial score (nSPS) is 12.0. The first kappa shape index (κ1) is 13.4. The van der Waals surface area contributed by atoms with Crippen molar-refractivity contribution in [2.45, 2.75) is 11.5 Å². The molecule has 0 aliphatic rings. The molecule has 0 saturated heterocycles. The molecule has 0 amide bonds. The van der Waals surface area contributed by atoms with Gasteiger partial charge < -0.3 is 0 Å². The maximum Gasteiger partial charge on any atom is 0.269 e. The zero-order chi connectivity index (χ0) is 13.7. The van der Waals surface area contributed by atoms with Gasteiger partial charge in [0.15, 0.2) is 0 Å². The number of rotatable bonds is 5. The number of nitro groups is 1. The summed E-state index contributed by atoms with van der Waals surface area (Å²) in [6.45, 7) is 0. The highest BCUT2D eigenvalue weighted by Crippen LogP contribution is 2.14. The van der Waals surface area contributed by atoms with Crippen LogP contribution in [0.3, 0.4) is 0 Å². The van der Waals surface area contributed by atoms with Crippen molar-refractivity contribution in [3.63, 3.8) is 0 Å². The molecule has 98 valence electrons. The van der Waals surface area contributed by atoms with Gasteiger partial charge in [-0.05, 0) is 11.1 Å². The molecular formula is C14H13NO3S. The Morgan fingerprint density at radius 2 is 1.42 bits per heavy atom. The van der Waals surface area contributed by atoms with E-state index in [9.17, 15) is 14.3 Å². The largest absolute Gasteiger partial charge is 0.269 e. The predicted octanol–water partition coefficient (Wildman–Crippen LogP) is 3.04. The molecule has 0 spiro atoms. The van der Waals surface area contributed by atoms with Gasteiger partial charge in [-0.2, -0.15) is 0 Å². The molecule has 2 aromatic rings. The molecular weight excluding hydrogens is 262 g/mol. The minimum atomic E-state index is -1.01. The van der Waals surface area contributed by atoms with Crippen LogP contribution in [0.5, 0.6) is 0 Å². The number of nitro benzene ring substituents is 1. The van der Waals surface area contributed by atoms with Crippen molar-refractivity contribution in [3.05, 3.63) is 75.8 Å². The minimum Gasteiger partial charge on any atom is -0.259 e. The van der Waals surface area contributed by atoms with Gasteiger partial charge in [-0.1, -0.05) is 42.5 Å². The van der Waals surface area contributed by atoms with Crippen LogP contribution in [0.1, 0.15) is 11.1 Å². The van der Waals surface area contributed by atoms with Crippen LogP contribution in [0.25, 0.3) is 0 Å². The summed E-state index contributed by atoms with van der Waals surface area (Å²) in [4.78, 5) is 10.1. The van der Waals surface area contributed by atoms with Gasteiger partial charge in [0, 0.05) is 34.4 Å². The fourth-order valence-corrected chi connectivity index (χ4v) is 2.94. The number of benzene rings is 2. The lowest BCUT2D eigenvalue weighted by Crippen LogP contribution is -1.99. The lowest BCUT2D eigenvalue weighted by Gasteiger charge is -2.03. The maximum atomic E-state index is 12.0. The summed E-state index contributed by atoms with van der Waals surface area (Å²) < 4.78 is 12.0.